The fourth-order valence-corrected chi connectivity index (χ4v) is 2.14. The lowest BCUT2D eigenvalue weighted by Gasteiger charge is -2.23. The van der Waals surface area contributed by atoms with Crippen LogP contribution in [0.1, 0.15) is 0 Å². The average molecular weight is 329 g/mol. The zero-order chi connectivity index (χ0) is 16.3. The second kappa shape index (κ2) is 6.71. The molecule has 9 heteroatoms. The van der Waals surface area contributed by atoms with Crippen LogP contribution in [0.3, 0.4) is 0 Å². The van der Waals surface area contributed by atoms with E-state index in [1.54, 1.807) is 18.0 Å². The summed E-state index contributed by atoms with van der Waals surface area (Å²) < 4.78 is 14.4. The van der Waals surface area contributed by atoms with Crippen LogP contribution in [0.4, 0.5) is 15.8 Å². The van der Waals surface area contributed by atoms with Crippen molar-refractivity contribution in [2.45, 2.75) is 12.6 Å². The second-order valence-electron chi connectivity index (χ2n) is 4.81. The summed E-state index contributed by atoms with van der Waals surface area (Å²) in [6.07, 6.45) is 1.56. The summed E-state index contributed by atoms with van der Waals surface area (Å²) in [7, 11) is 1.72. The minimum atomic E-state index is -0.812. The number of nitro groups is 1. The van der Waals surface area contributed by atoms with Crippen LogP contribution in [0.15, 0.2) is 30.6 Å². The van der Waals surface area contributed by atoms with E-state index in [4.69, 9.17) is 11.6 Å². The molecule has 22 heavy (non-hydrogen) atoms. The van der Waals surface area contributed by atoms with Crippen molar-refractivity contribution in [3.63, 3.8) is 0 Å². The van der Waals surface area contributed by atoms with Gasteiger partial charge in [0.1, 0.15) is 18.2 Å². The van der Waals surface area contributed by atoms with Gasteiger partial charge in [-0.15, -0.1) is 0 Å². The Morgan fingerprint density at radius 2 is 2.32 bits per heavy atom. The van der Waals surface area contributed by atoms with Gasteiger partial charge in [0.25, 0.3) is 0 Å². The molecule has 0 aliphatic heterocycles. The fraction of sp³-hybridized carbons (Fsp3) is 0.308. The molecule has 1 atom stereocenters. The summed E-state index contributed by atoms with van der Waals surface area (Å²) in [6.45, 7) is 0.336. The number of halogens is 2. The Morgan fingerprint density at radius 1 is 1.59 bits per heavy atom. The molecule has 1 unspecified atom stereocenters. The first-order valence-corrected chi connectivity index (χ1v) is 6.75. The lowest BCUT2D eigenvalue weighted by Crippen LogP contribution is -2.32. The van der Waals surface area contributed by atoms with Gasteiger partial charge in [-0.3, -0.25) is 14.8 Å². The molecule has 7 nitrogen and oxygen atoms in total. The summed E-state index contributed by atoms with van der Waals surface area (Å²) in [5, 5.41) is 24.4. The SMILES string of the molecule is CN(CC(O)Cn1cc([N+](=O)[O-])cn1)c1ccc(F)c(Cl)c1. The van der Waals surface area contributed by atoms with Crippen LogP contribution in [0, 0.1) is 15.9 Å². The standard InChI is InChI=1S/C13H14ClFN4O3/c1-17(9-2-3-13(15)12(14)4-9)7-11(20)8-18-6-10(5-16-18)19(21)22/h2-6,11,20H,7-8H2,1H3. The third-order valence-corrected chi connectivity index (χ3v) is 3.35. The molecule has 0 bridgehead atoms. The minimum absolute atomic E-state index is 0.00143. The molecule has 0 spiro atoms. The maximum absolute atomic E-state index is 13.1. The fourth-order valence-electron chi connectivity index (χ4n) is 1.96. The van der Waals surface area contributed by atoms with Crippen LogP contribution in [-0.4, -0.2) is 39.5 Å². The van der Waals surface area contributed by atoms with Crippen molar-refractivity contribution in [3.05, 3.63) is 51.5 Å². The Balaban J connectivity index is 1.96. The summed E-state index contributed by atoms with van der Waals surface area (Å²) >= 11 is 5.71. The maximum Gasteiger partial charge on any atom is 0.306 e. The monoisotopic (exact) mass is 328 g/mol. The summed E-state index contributed by atoms with van der Waals surface area (Å²) in [4.78, 5) is 11.7. The van der Waals surface area contributed by atoms with Crippen molar-refractivity contribution in [2.75, 3.05) is 18.5 Å². The van der Waals surface area contributed by atoms with E-state index in [1.165, 1.54) is 23.0 Å². The van der Waals surface area contributed by atoms with Crippen molar-refractivity contribution in [3.8, 4) is 0 Å². The number of hydrogen-bond donors (Lipinski definition) is 1. The Kier molecular flexibility index (Phi) is 4.94. The number of likely N-dealkylation sites (N-methyl/N-ethyl adjacent to an activating group) is 1. The van der Waals surface area contributed by atoms with Gasteiger partial charge in [-0.2, -0.15) is 5.10 Å². The Labute approximate surface area is 130 Å². The summed E-state index contributed by atoms with van der Waals surface area (Å²) in [6, 6.07) is 4.26. The van der Waals surface area contributed by atoms with Crippen LogP contribution < -0.4 is 4.90 Å². The molecule has 0 saturated heterocycles. The van der Waals surface area contributed by atoms with E-state index in [0.29, 0.717) is 5.69 Å². The molecule has 0 amide bonds. The molecule has 1 aromatic heterocycles. The van der Waals surface area contributed by atoms with Crippen molar-refractivity contribution in [1.29, 1.82) is 0 Å². The quantitative estimate of drug-likeness (QED) is 0.648. The van der Waals surface area contributed by atoms with Gasteiger partial charge in [-0.25, -0.2) is 4.39 Å². The van der Waals surface area contributed by atoms with Crippen molar-refractivity contribution >= 4 is 23.0 Å². The number of aliphatic hydroxyl groups is 1. The first-order chi connectivity index (χ1) is 10.4. The summed E-state index contributed by atoms with van der Waals surface area (Å²) in [5.41, 5.74) is 0.516. The Bertz CT molecular complexity index is 679. The van der Waals surface area contributed by atoms with Gasteiger partial charge >= 0.3 is 5.69 Å². The molecule has 2 rings (SSSR count). The van der Waals surface area contributed by atoms with E-state index in [2.05, 4.69) is 5.10 Å². The van der Waals surface area contributed by atoms with Gasteiger partial charge < -0.3 is 10.0 Å². The highest BCUT2D eigenvalue weighted by Crippen LogP contribution is 2.22. The third kappa shape index (κ3) is 3.92. The molecule has 1 aromatic carbocycles. The Hall–Kier alpha value is -2.19. The maximum atomic E-state index is 13.1. The van der Waals surface area contributed by atoms with Crippen LogP contribution >= 0.6 is 11.6 Å². The number of rotatable bonds is 6. The first kappa shape index (κ1) is 16.2. The summed E-state index contributed by atoms with van der Waals surface area (Å²) in [5.74, 6) is -0.511. The minimum Gasteiger partial charge on any atom is -0.389 e. The van der Waals surface area contributed by atoms with Crippen molar-refractivity contribution in [2.24, 2.45) is 0 Å². The van der Waals surface area contributed by atoms with Crippen LogP contribution in [0.2, 0.25) is 5.02 Å². The molecule has 118 valence electrons. The van der Waals surface area contributed by atoms with Crippen LogP contribution in [0.5, 0.6) is 0 Å². The molecular weight excluding hydrogens is 315 g/mol. The first-order valence-electron chi connectivity index (χ1n) is 6.38. The van der Waals surface area contributed by atoms with Gasteiger partial charge in [0.05, 0.1) is 22.6 Å². The number of anilines is 1. The normalized spacial score (nSPS) is 12.2. The molecule has 0 fully saturated rings. The molecule has 1 heterocycles. The predicted octanol–water partition coefficient (Wildman–Crippen LogP) is 2.08. The molecule has 0 saturated carbocycles. The van der Waals surface area contributed by atoms with E-state index < -0.39 is 16.8 Å². The van der Waals surface area contributed by atoms with Crippen LogP contribution in [-0.2, 0) is 6.54 Å². The molecule has 1 N–H and O–H groups in total. The molecule has 2 aromatic rings. The predicted molar refractivity (Wildman–Crippen MR) is 79.6 cm³/mol. The molecular formula is C13H14ClFN4O3. The highest BCUT2D eigenvalue weighted by molar-refractivity contribution is 6.31. The topological polar surface area (TPSA) is 84.4 Å². The van der Waals surface area contributed by atoms with Gasteiger partial charge in [-0.1, -0.05) is 11.6 Å². The highest BCUT2D eigenvalue weighted by atomic mass is 35.5. The van der Waals surface area contributed by atoms with Gasteiger partial charge in [0.15, 0.2) is 0 Å². The van der Waals surface area contributed by atoms with E-state index in [0.717, 1.165) is 6.20 Å². The number of aliphatic hydroxyl groups excluding tert-OH is 1. The van der Waals surface area contributed by atoms with Gasteiger partial charge in [0, 0.05) is 19.3 Å². The van der Waals surface area contributed by atoms with Crippen LogP contribution in [0.25, 0.3) is 0 Å². The molecule has 0 radical (unpaired) electrons. The van der Waals surface area contributed by atoms with Gasteiger partial charge in [-0.05, 0) is 18.2 Å². The highest BCUT2D eigenvalue weighted by Gasteiger charge is 2.14. The van der Waals surface area contributed by atoms with E-state index in [9.17, 15) is 19.6 Å². The lowest BCUT2D eigenvalue weighted by atomic mass is 10.2. The van der Waals surface area contributed by atoms with E-state index in [-0.39, 0.29) is 23.8 Å². The number of aromatic nitrogens is 2. The lowest BCUT2D eigenvalue weighted by molar-refractivity contribution is -0.385. The zero-order valence-corrected chi connectivity index (χ0v) is 12.4. The number of nitrogens with zero attached hydrogens (tertiary/aromatic N) is 4. The Morgan fingerprint density at radius 3 is 2.91 bits per heavy atom. The largest absolute Gasteiger partial charge is 0.389 e. The molecule has 0 aliphatic carbocycles. The second-order valence-corrected chi connectivity index (χ2v) is 5.22. The smallest absolute Gasteiger partial charge is 0.306 e. The zero-order valence-electron chi connectivity index (χ0n) is 11.7. The number of benzene rings is 1. The van der Waals surface area contributed by atoms with Gasteiger partial charge in [0.2, 0.25) is 0 Å². The molecule has 0 aliphatic rings. The van der Waals surface area contributed by atoms with Crippen molar-refractivity contribution < 1.29 is 14.4 Å². The van der Waals surface area contributed by atoms with E-state index >= 15 is 0 Å². The number of hydrogen-bond acceptors (Lipinski definition) is 5. The van der Waals surface area contributed by atoms with Crippen molar-refractivity contribution in [1.82, 2.24) is 9.78 Å². The average Bonchev–Trinajstić information content (AvgIpc) is 2.90. The third-order valence-electron chi connectivity index (χ3n) is 3.06. The van der Waals surface area contributed by atoms with E-state index in [1.807, 2.05) is 0 Å².